The van der Waals surface area contributed by atoms with Gasteiger partial charge in [-0.1, -0.05) is 18.2 Å². The molecule has 2 aromatic carbocycles. The third kappa shape index (κ3) is 6.18. The van der Waals surface area contributed by atoms with Gasteiger partial charge < -0.3 is 15.8 Å². The molecule has 0 heterocycles. The van der Waals surface area contributed by atoms with Crippen molar-refractivity contribution < 1.29 is 14.3 Å². The van der Waals surface area contributed by atoms with Crippen molar-refractivity contribution in [1.82, 2.24) is 5.32 Å². The Hall–Kier alpha value is -3.02. The predicted octanol–water partition coefficient (Wildman–Crippen LogP) is 3.55. The van der Waals surface area contributed by atoms with Crippen LogP contribution in [0.15, 0.2) is 48.5 Å². The van der Waals surface area contributed by atoms with Gasteiger partial charge in [-0.3, -0.25) is 10.1 Å². The zero-order valence-corrected chi connectivity index (χ0v) is 14.6. The molecule has 0 saturated carbocycles. The molecule has 2 amide bonds. The Labute approximate surface area is 147 Å². The number of ether oxygens (including phenoxy) is 1. The first-order chi connectivity index (χ1) is 11.7. The molecule has 6 nitrogen and oxygen atoms in total. The van der Waals surface area contributed by atoms with Crippen molar-refractivity contribution in [1.29, 1.82) is 0 Å². The lowest BCUT2D eigenvalue weighted by atomic mass is 10.1. The first-order valence-electron chi connectivity index (χ1n) is 7.96. The van der Waals surface area contributed by atoms with E-state index in [1.54, 1.807) is 63.2 Å². The smallest absolute Gasteiger partial charge is 0.412 e. The van der Waals surface area contributed by atoms with Crippen molar-refractivity contribution in [2.75, 3.05) is 11.1 Å². The summed E-state index contributed by atoms with van der Waals surface area (Å²) in [5, 5.41) is 5.50. The molecule has 2 rings (SSSR count). The number of rotatable bonds is 4. The van der Waals surface area contributed by atoms with E-state index in [1.165, 1.54) is 0 Å². The number of anilines is 2. The monoisotopic (exact) mass is 341 g/mol. The van der Waals surface area contributed by atoms with Gasteiger partial charge in [-0.2, -0.15) is 0 Å². The molecule has 0 unspecified atom stereocenters. The van der Waals surface area contributed by atoms with Crippen molar-refractivity contribution in [3.05, 3.63) is 59.7 Å². The van der Waals surface area contributed by atoms with Gasteiger partial charge >= 0.3 is 6.09 Å². The van der Waals surface area contributed by atoms with E-state index in [1.807, 2.05) is 6.07 Å². The van der Waals surface area contributed by atoms with E-state index in [-0.39, 0.29) is 5.91 Å². The molecule has 0 aromatic heterocycles. The SMILES string of the molecule is CC(C)(C)OC(=O)Nc1cccc(CNC(=O)c2cccc(N)c2)c1. The number of carbonyl (C=O) groups is 2. The Balaban J connectivity index is 1.95. The molecule has 0 fully saturated rings. The third-order valence-electron chi connectivity index (χ3n) is 3.17. The summed E-state index contributed by atoms with van der Waals surface area (Å²) in [6.45, 7) is 5.73. The van der Waals surface area contributed by atoms with Crippen LogP contribution in [-0.2, 0) is 11.3 Å². The van der Waals surface area contributed by atoms with Crippen LogP contribution >= 0.6 is 0 Å². The quantitative estimate of drug-likeness (QED) is 0.741. The molecule has 0 bridgehead atoms. The topological polar surface area (TPSA) is 93.5 Å². The van der Waals surface area contributed by atoms with Crippen LogP contribution in [-0.4, -0.2) is 17.6 Å². The summed E-state index contributed by atoms with van der Waals surface area (Å²) in [5.41, 5.74) is 7.61. The largest absolute Gasteiger partial charge is 0.444 e. The van der Waals surface area contributed by atoms with E-state index in [4.69, 9.17) is 10.5 Å². The fourth-order valence-electron chi connectivity index (χ4n) is 2.14. The molecule has 132 valence electrons. The van der Waals surface area contributed by atoms with Gasteiger partial charge in [0.25, 0.3) is 5.91 Å². The number of amides is 2. The van der Waals surface area contributed by atoms with Gasteiger partial charge in [-0.25, -0.2) is 4.79 Å². The van der Waals surface area contributed by atoms with Crippen LogP contribution in [0.3, 0.4) is 0 Å². The second kappa shape index (κ2) is 7.70. The maximum Gasteiger partial charge on any atom is 0.412 e. The van der Waals surface area contributed by atoms with Gasteiger partial charge in [0.15, 0.2) is 0 Å². The Kier molecular flexibility index (Phi) is 5.64. The number of nitrogens with two attached hydrogens (primary N) is 1. The molecule has 0 radical (unpaired) electrons. The van der Waals surface area contributed by atoms with E-state index >= 15 is 0 Å². The number of nitrogen functional groups attached to an aromatic ring is 1. The number of nitrogens with one attached hydrogen (secondary N) is 2. The minimum absolute atomic E-state index is 0.210. The van der Waals surface area contributed by atoms with Crippen LogP contribution in [0, 0.1) is 0 Å². The normalized spacial score (nSPS) is 10.8. The molecular formula is C19H23N3O3. The van der Waals surface area contributed by atoms with Crippen molar-refractivity contribution in [2.24, 2.45) is 0 Å². The van der Waals surface area contributed by atoms with Crippen LogP contribution in [0.25, 0.3) is 0 Å². The van der Waals surface area contributed by atoms with Crippen molar-refractivity contribution in [3.63, 3.8) is 0 Å². The average molecular weight is 341 g/mol. The lowest BCUT2D eigenvalue weighted by Crippen LogP contribution is -2.27. The summed E-state index contributed by atoms with van der Waals surface area (Å²) in [4.78, 5) is 23.9. The van der Waals surface area contributed by atoms with Gasteiger partial charge in [-0.15, -0.1) is 0 Å². The number of benzene rings is 2. The minimum Gasteiger partial charge on any atom is -0.444 e. The highest BCUT2D eigenvalue weighted by Crippen LogP contribution is 2.14. The maximum atomic E-state index is 12.1. The highest BCUT2D eigenvalue weighted by atomic mass is 16.6. The lowest BCUT2D eigenvalue weighted by Gasteiger charge is -2.19. The Morgan fingerprint density at radius 2 is 1.80 bits per heavy atom. The highest BCUT2D eigenvalue weighted by Gasteiger charge is 2.16. The molecule has 0 spiro atoms. The van der Waals surface area contributed by atoms with Crippen molar-refractivity contribution >= 4 is 23.4 Å². The Morgan fingerprint density at radius 3 is 2.48 bits per heavy atom. The summed E-state index contributed by atoms with van der Waals surface area (Å²) >= 11 is 0. The molecule has 4 N–H and O–H groups in total. The second-order valence-electron chi connectivity index (χ2n) is 6.64. The molecule has 2 aromatic rings. The molecular weight excluding hydrogens is 318 g/mol. The van der Waals surface area contributed by atoms with Crippen LogP contribution in [0.4, 0.5) is 16.2 Å². The van der Waals surface area contributed by atoms with Crippen LogP contribution in [0.5, 0.6) is 0 Å². The van der Waals surface area contributed by atoms with E-state index in [2.05, 4.69) is 10.6 Å². The zero-order chi connectivity index (χ0) is 18.4. The highest BCUT2D eigenvalue weighted by molar-refractivity contribution is 5.95. The number of hydrogen-bond donors (Lipinski definition) is 3. The first kappa shape index (κ1) is 18.3. The number of hydrogen-bond acceptors (Lipinski definition) is 4. The zero-order valence-electron chi connectivity index (χ0n) is 14.6. The van der Waals surface area contributed by atoms with Gasteiger partial charge in [-0.05, 0) is 56.7 Å². The summed E-state index contributed by atoms with van der Waals surface area (Å²) < 4.78 is 5.22. The van der Waals surface area contributed by atoms with E-state index < -0.39 is 11.7 Å². The molecule has 0 aliphatic rings. The Bertz CT molecular complexity index is 767. The van der Waals surface area contributed by atoms with Crippen molar-refractivity contribution in [3.8, 4) is 0 Å². The molecule has 25 heavy (non-hydrogen) atoms. The summed E-state index contributed by atoms with van der Waals surface area (Å²) in [5.74, 6) is -0.210. The van der Waals surface area contributed by atoms with Gasteiger partial charge in [0.2, 0.25) is 0 Å². The Morgan fingerprint density at radius 1 is 1.08 bits per heavy atom. The lowest BCUT2D eigenvalue weighted by molar-refractivity contribution is 0.0635. The fraction of sp³-hybridized carbons (Fsp3) is 0.263. The minimum atomic E-state index is -0.562. The summed E-state index contributed by atoms with van der Waals surface area (Å²) in [6.07, 6.45) is -0.520. The molecule has 6 heteroatoms. The molecule has 0 aliphatic heterocycles. The van der Waals surface area contributed by atoms with E-state index in [9.17, 15) is 9.59 Å². The molecule has 0 saturated heterocycles. The maximum absolute atomic E-state index is 12.1. The van der Waals surface area contributed by atoms with Crippen LogP contribution in [0.2, 0.25) is 0 Å². The summed E-state index contributed by atoms with van der Waals surface area (Å²) in [7, 11) is 0. The predicted molar refractivity (Wildman–Crippen MR) is 98.3 cm³/mol. The standard InChI is InChI=1S/C19H23N3O3/c1-19(2,3)25-18(24)22-16-9-4-6-13(10-16)12-21-17(23)14-7-5-8-15(20)11-14/h4-11H,12,20H2,1-3H3,(H,21,23)(H,22,24). The van der Waals surface area contributed by atoms with Gasteiger partial charge in [0.1, 0.15) is 5.60 Å². The second-order valence-corrected chi connectivity index (χ2v) is 6.64. The average Bonchev–Trinajstić information content (AvgIpc) is 2.51. The van der Waals surface area contributed by atoms with Gasteiger partial charge in [0, 0.05) is 23.5 Å². The third-order valence-corrected chi connectivity index (χ3v) is 3.17. The van der Waals surface area contributed by atoms with Gasteiger partial charge in [0.05, 0.1) is 0 Å². The molecule has 0 atom stereocenters. The number of carbonyl (C=O) groups excluding carboxylic acids is 2. The first-order valence-corrected chi connectivity index (χ1v) is 7.96. The van der Waals surface area contributed by atoms with Crippen LogP contribution in [0.1, 0.15) is 36.7 Å². The molecule has 0 aliphatic carbocycles. The summed E-state index contributed by atoms with van der Waals surface area (Å²) in [6, 6.07) is 14.0. The van der Waals surface area contributed by atoms with E-state index in [0.29, 0.717) is 23.5 Å². The fourth-order valence-corrected chi connectivity index (χ4v) is 2.14. The van der Waals surface area contributed by atoms with Crippen molar-refractivity contribution in [2.45, 2.75) is 32.9 Å². The van der Waals surface area contributed by atoms with E-state index in [0.717, 1.165) is 5.56 Å². The van der Waals surface area contributed by atoms with Crippen LogP contribution < -0.4 is 16.4 Å².